The van der Waals surface area contributed by atoms with Crippen LogP contribution >= 0.6 is 0 Å². The van der Waals surface area contributed by atoms with Gasteiger partial charge in [0.05, 0.1) is 6.61 Å². The first-order valence-electron chi connectivity index (χ1n) is 9.86. The molecule has 0 spiro atoms. The molecule has 0 aliphatic carbocycles. The third kappa shape index (κ3) is 4.96. The van der Waals surface area contributed by atoms with E-state index in [1.54, 1.807) is 6.92 Å². The number of benzene rings is 1. The zero-order chi connectivity index (χ0) is 18.9. The van der Waals surface area contributed by atoms with Crippen molar-refractivity contribution in [3.05, 3.63) is 41.1 Å². The summed E-state index contributed by atoms with van der Waals surface area (Å²) in [5.74, 6) is 0.0912. The number of carbonyl (C=O) groups is 2. The summed E-state index contributed by atoms with van der Waals surface area (Å²) < 4.78 is 5.21. The lowest BCUT2D eigenvalue weighted by atomic mass is 9.89. The Kier molecular flexibility index (Phi) is 7.89. The number of ketones is 1. The van der Waals surface area contributed by atoms with Crippen molar-refractivity contribution in [2.45, 2.75) is 71.8 Å². The first-order valence-corrected chi connectivity index (χ1v) is 9.86. The summed E-state index contributed by atoms with van der Waals surface area (Å²) in [5.41, 5.74) is 2.65. The number of amides is 1. The lowest BCUT2D eigenvalue weighted by molar-refractivity contribution is -0.123. The van der Waals surface area contributed by atoms with Gasteiger partial charge in [-0.05, 0) is 37.5 Å². The van der Waals surface area contributed by atoms with Crippen LogP contribution in [-0.2, 0) is 9.53 Å². The van der Waals surface area contributed by atoms with Crippen LogP contribution in [0.15, 0.2) is 30.0 Å². The van der Waals surface area contributed by atoms with Crippen LogP contribution in [0.25, 0.3) is 6.08 Å². The topological polar surface area (TPSA) is 46.6 Å². The number of rotatable bonds is 9. The number of Topliss-reactive ketones (excluding diaryl/α,β-unsaturated/α-hetero) is 1. The molecule has 0 radical (unpaired) electrons. The lowest BCUT2D eigenvalue weighted by Crippen LogP contribution is -2.40. The fraction of sp³-hybridized carbons (Fsp3) is 0.545. The Hall–Kier alpha value is -2.10. The highest BCUT2D eigenvalue weighted by Crippen LogP contribution is 2.36. The van der Waals surface area contributed by atoms with Gasteiger partial charge in [-0.25, -0.2) is 4.79 Å². The second-order valence-corrected chi connectivity index (χ2v) is 6.87. The molecule has 0 aromatic heterocycles. The van der Waals surface area contributed by atoms with E-state index in [1.807, 2.05) is 37.3 Å². The molecule has 0 fully saturated rings. The molecule has 1 aromatic carbocycles. The SMILES string of the molecule is CCCCCCCCC(=O)C1c2ccccc2C=C(C)N1C(=O)OCC. The molecule has 1 heterocycles. The molecule has 0 bridgehead atoms. The van der Waals surface area contributed by atoms with Gasteiger partial charge in [0.1, 0.15) is 6.04 Å². The van der Waals surface area contributed by atoms with E-state index in [2.05, 4.69) is 6.92 Å². The van der Waals surface area contributed by atoms with Crippen molar-refractivity contribution < 1.29 is 14.3 Å². The lowest BCUT2D eigenvalue weighted by Gasteiger charge is -2.35. The summed E-state index contributed by atoms with van der Waals surface area (Å²) in [6.45, 7) is 6.13. The maximum Gasteiger partial charge on any atom is 0.414 e. The van der Waals surface area contributed by atoms with Gasteiger partial charge >= 0.3 is 6.09 Å². The summed E-state index contributed by atoms with van der Waals surface area (Å²) in [6, 6.07) is 7.23. The van der Waals surface area contributed by atoms with Crippen LogP contribution in [0.2, 0.25) is 0 Å². The van der Waals surface area contributed by atoms with Gasteiger partial charge in [-0.3, -0.25) is 9.69 Å². The maximum absolute atomic E-state index is 13.0. The number of fused-ring (bicyclic) bond motifs is 1. The minimum Gasteiger partial charge on any atom is -0.449 e. The van der Waals surface area contributed by atoms with Crippen molar-refractivity contribution in [3.63, 3.8) is 0 Å². The normalized spacial score (nSPS) is 16.0. The van der Waals surface area contributed by atoms with Gasteiger partial charge in [-0.15, -0.1) is 0 Å². The zero-order valence-electron chi connectivity index (χ0n) is 16.3. The Balaban J connectivity index is 2.13. The number of nitrogens with zero attached hydrogens (tertiary/aromatic N) is 1. The van der Waals surface area contributed by atoms with E-state index < -0.39 is 12.1 Å². The molecular formula is C22H31NO3. The van der Waals surface area contributed by atoms with E-state index in [9.17, 15) is 9.59 Å². The van der Waals surface area contributed by atoms with E-state index in [0.29, 0.717) is 13.0 Å². The monoisotopic (exact) mass is 357 g/mol. The molecule has 1 aromatic rings. The predicted octanol–water partition coefficient (Wildman–Crippen LogP) is 5.88. The van der Waals surface area contributed by atoms with Crippen LogP contribution in [0.4, 0.5) is 4.79 Å². The molecule has 1 amide bonds. The molecule has 4 heteroatoms. The maximum atomic E-state index is 13.0. The van der Waals surface area contributed by atoms with E-state index in [-0.39, 0.29) is 5.78 Å². The van der Waals surface area contributed by atoms with Crippen LogP contribution in [-0.4, -0.2) is 23.4 Å². The molecule has 142 valence electrons. The summed E-state index contributed by atoms with van der Waals surface area (Å²) in [4.78, 5) is 27.0. The Morgan fingerprint density at radius 2 is 1.73 bits per heavy atom. The minimum atomic E-state index is -0.578. The fourth-order valence-corrected chi connectivity index (χ4v) is 3.50. The van der Waals surface area contributed by atoms with E-state index >= 15 is 0 Å². The van der Waals surface area contributed by atoms with Crippen LogP contribution in [0.5, 0.6) is 0 Å². The van der Waals surface area contributed by atoms with Gasteiger partial charge in [-0.2, -0.15) is 0 Å². The summed E-state index contributed by atoms with van der Waals surface area (Å²) in [6.07, 6.45) is 8.81. The van der Waals surface area contributed by atoms with Crippen molar-refractivity contribution in [2.24, 2.45) is 0 Å². The van der Waals surface area contributed by atoms with Crippen LogP contribution in [0, 0.1) is 0 Å². The number of hydrogen-bond acceptors (Lipinski definition) is 3. The average molecular weight is 357 g/mol. The number of hydrogen-bond donors (Lipinski definition) is 0. The Morgan fingerprint density at radius 3 is 2.46 bits per heavy atom. The molecule has 1 atom stereocenters. The van der Waals surface area contributed by atoms with Crippen molar-refractivity contribution in [3.8, 4) is 0 Å². The van der Waals surface area contributed by atoms with E-state index in [4.69, 9.17) is 4.74 Å². The molecule has 26 heavy (non-hydrogen) atoms. The number of carbonyl (C=O) groups excluding carboxylic acids is 2. The highest BCUT2D eigenvalue weighted by Gasteiger charge is 2.36. The van der Waals surface area contributed by atoms with Gasteiger partial charge in [0.25, 0.3) is 0 Å². The highest BCUT2D eigenvalue weighted by atomic mass is 16.6. The summed E-state index contributed by atoms with van der Waals surface area (Å²) in [5, 5.41) is 0. The van der Waals surface area contributed by atoms with E-state index in [0.717, 1.165) is 29.7 Å². The molecule has 1 aliphatic rings. The average Bonchev–Trinajstić information content (AvgIpc) is 2.63. The van der Waals surface area contributed by atoms with Crippen molar-refractivity contribution in [2.75, 3.05) is 6.61 Å². The fourth-order valence-electron chi connectivity index (χ4n) is 3.50. The summed E-state index contributed by atoms with van der Waals surface area (Å²) >= 11 is 0. The predicted molar refractivity (Wildman–Crippen MR) is 105 cm³/mol. The molecule has 0 saturated heterocycles. The van der Waals surface area contributed by atoms with Crippen LogP contribution in [0.3, 0.4) is 0 Å². The van der Waals surface area contributed by atoms with Crippen LogP contribution in [0.1, 0.15) is 82.9 Å². The van der Waals surface area contributed by atoms with Gasteiger partial charge in [-0.1, -0.05) is 63.3 Å². The Labute approximate surface area is 157 Å². The number of ether oxygens (including phenoxy) is 1. The second kappa shape index (κ2) is 10.1. The molecule has 2 rings (SSSR count). The molecule has 0 N–H and O–H groups in total. The van der Waals surface area contributed by atoms with Gasteiger partial charge in [0.2, 0.25) is 0 Å². The molecule has 1 unspecified atom stereocenters. The second-order valence-electron chi connectivity index (χ2n) is 6.87. The molecule has 4 nitrogen and oxygen atoms in total. The smallest absolute Gasteiger partial charge is 0.414 e. The van der Waals surface area contributed by atoms with Gasteiger partial charge in [0, 0.05) is 12.1 Å². The van der Waals surface area contributed by atoms with Gasteiger partial charge < -0.3 is 4.74 Å². The largest absolute Gasteiger partial charge is 0.449 e. The quantitative estimate of drug-likeness (QED) is 0.518. The van der Waals surface area contributed by atoms with Crippen molar-refractivity contribution in [1.29, 1.82) is 0 Å². The van der Waals surface area contributed by atoms with Crippen LogP contribution < -0.4 is 0 Å². The molecule has 1 aliphatic heterocycles. The zero-order valence-corrected chi connectivity index (χ0v) is 16.3. The van der Waals surface area contributed by atoms with Crippen molar-refractivity contribution in [1.82, 2.24) is 4.90 Å². The van der Waals surface area contributed by atoms with Crippen molar-refractivity contribution >= 4 is 18.0 Å². The standard InChI is InChI=1S/C22H31NO3/c1-4-6-7-8-9-10-15-20(24)21-19-14-12-11-13-18(19)16-17(3)23(21)22(25)26-5-2/h11-14,16,21H,4-10,15H2,1-3H3. The molecular weight excluding hydrogens is 326 g/mol. The first kappa shape index (κ1) is 20.2. The summed E-state index contributed by atoms with van der Waals surface area (Å²) in [7, 11) is 0. The molecule has 0 saturated carbocycles. The Morgan fingerprint density at radius 1 is 1.04 bits per heavy atom. The number of unbranched alkanes of at least 4 members (excludes halogenated alkanes) is 5. The third-order valence-corrected chi connectivity index (χ3v) is 4.84. The third-order valence-electron chi connectivity index (χ3n) is 4.84. The highest BCUT2D eigenvalue weighted by molar-refractivity contribution is 5.92. The van der Waals surface area contributed by atoms with E-state index in [1.165, 1.54) is 30.6 Å². The number of allylic oxidation sites excluding steroid dienone is 1. The minimum absolute atomic E-state index is 0.0912. The Bertz CT molecular complexity index is 651. The first-order chi connectivity index (χ1) is 12.6. The van der Waals surface area contributed by atoms with Gasteiger partial charge in [0.15, 0.2) is 5.78 Å².